The molecule has 130 valence electrons. The Morgan fingerprint density at radius 1 is 1.04 bits per heavy atom. The molecular weight excluding hydrogens is 350 g/mol. The van der Waals surface area contributed by atoms with Gasteiger partial charge >= 0.3 is 5.97 Å². The van der Waals surface area contributed by atoms with Gasteiger partial charge in [0.05, 0.1) is 11.3 Å². The minimum Gasteiger partial charge on any atom is -0.488 e. The van der Waals surface area contributed by atoms with E-state index in [1.807, 2.05) is 36.4 Å². The molecule has 1 N–H and O–H groups in total. The average molecular weight is 366 g/mol. The van der Waals surface area contributed by atoms with Crippen LogP contribution in [0.3, 0.4) is 0 Å². The molecule has 3 aromatic carbocycles. The second-order valence-corrected chi connectivity index (χ2v) is 6.00. The van der Waals surface area contributed by atoms with Gasteiger partial charge in [0.2, 0.25) is 0 Å². The van der Waals surface area contributed by atoms with E-state index < -0.39 is 5.97 Å². The summed E-state index contributed by atoms with van der Waals surface area (Å²) >= 11 is 5.97. The summed E-state index contributed by atoms with van der Waals surface area (Å²) in [5.41, 5.74) is 2.74. The van der Waals surface area contributed by atoms with E-state index in [1.54, 1.807) is 42.6 Å². The van der Waals surface area contributed by atoms with E-state index in [9.17, 15) is 4.79 Å². The third kappa shape index (κ3) is 4.71. The molecule has 3 aromatic rings. The van der Waals surface area contributed by atoms with Gasteiger partial charge in [0.25, 0.3) is 0 Å². The quantitative estimate of drug-likeness (QED) is 0.597. The number of nitrogens with zero attached hydrogens (tertiary/aromatic N) is 1. The molecule has 0 spiro atoms. The number of aliphatic imine (C=N–C) groups is 1. The largest absolute Gasteiger partial charge is 0.488 e. The standard InChI is InChI=1S/C21H16ClNO3/c22-18-5-3-6-19(12-18)23-13-17-4-1-2-7-20(17)26-14-15-8-10-16(11-9-15)21(24)25/h1-13H,14H2,(H,24,25). The van der Waals surface area contributed by atoms with Gasteiger partial charge in [0.1, 0.15) is 12.4 Å². The van der Waals surface area contributed by atoms with Crippen molar-refractivity contribution in [3.05, 3.63) is 94.5 Å². The molecule has 0 atom stereocenters. The molecule has 0 heterocycles. The minimum atomic E-state index is -0.944. The van der Waals surface area contributed by atoms with Crippen LogP contribution in [-0.2, 0) is 6.61 Å². The summed E-state index contributed by atoms with van der Waals surface area (Å²) in [4.78, 5) is 15.3. The van der Waals surface area contributed by atoms with E-state index in [-0.39, 0.29) is 5.56 Å². The Labute approximate surface area is 156 Å². The summed E-state index contributed by atoms with van der Waals surface area (Å²) in [6.07, 6.45) is 1.73. The molecule has 0 radical (unpaired) electrons. The van der Waals surface area contributed by atoms with E-state index in [1.165, 1.54) is 0 Å². The lowest BCUT2D eigenvalue weighted by atomic mass is 10.1. The fraction of sp³-hybridized carbons (Fsp3) is 0.0476. The normalized spacial score (nSPS) is 10.8. The van der Waals surface area contributed by atoms with Crippen LogP contribution >= 0.6 is 11.6 Å². The van der Waals surface area contributed by atoms with Crippen molar-refractivity contribution in [2.24, 2.45) is 4.99 Å². The van der Waals surface area contributed by atoms with Crippen molar-refractivity contribution in [1.82, 2.24) is 0 Å². The van der Waals surface area contributed by atoms with Gasteiger partial charge in [0.15, 0.2) is 0 Å². The molecule has 0 aromatic heterocycles. The molecule has 0 aliphatic heterocycles. The highest BCUT2D eigenvalue weighted by atomic mass is 35.5. The Hall–Kier alpha value is -3.11. The number of aromatic carboxylic acids is 1. The van der Waals surface area contributed by atoms with Crippen molar-refractivity contribution in [2.45, 2.75) is 6.61 Å². The summed E-state index contributed by atoms with van der Waals surface area (Å²) in [6, 6.07) is 21.5. The number of hydrogen-bond acceptors (Lipinski definition) is 3. The highest BCUT2D eigenvalue weighted by Gasteiger charge is 2.04. The van der Waals surface area contributed by atoms with Crippen LogP contribution in [0.2, 0.25) is 5.02 Å². The van der Waals surface area contributed by atoms with Crippen molar-refractivity contribution in [3.63, 3.8) is 0 Å². The van der Waals surface area contributed by atoms with Gasteiger partial charge in [-0.25, -0.2) is 4.79 Å². The summed E-state index contributed by atoms with van der Waals surface area (Å²) < 4.78 is 5.87. The Balaban J connectivity index is 1.72. The molecule has 3 rings (SSSR count). The van der Waals surface area contributed by atoms with Gasteiger partial charge in [-0.15, -0.1) is 0 Å². The first-order valence-corrected chi connectivity index (χ1v) is 8.33. The number of rotatable bonds is 6. The molecule has 0 unspecified atom stereocenters. The number of para-hydroxylation sites is 1. The molecular formula is C21H16ClNO3. The van der Waals surface area contributed by atoms with E-state index in [4.69, 9.17) is 21.4 Å². The number of benzene rings is 3. The molecule has 4 nitrogen and oxygen atoms in total. The Morgan fingerprint density at radius 2 is 1.81 bits per heavy atom. The van der Waals surface area contributed by atoms with Gasteiger partial charge < -0.3 is 9.84 Å². The SMILES string of the molecule is O=C(O)c1ccc(COc2ccccc2C=Nc2cccc(Cl)c2)cc1. The van der Waals surface area contributed by atoms with Gasteiger partial charge in [-0.2, -0.15) is 0 Å². The van der Waals surface area contributed by atoms with Crippen LogP contribution in [0, 0.1) is 0 Å². The Bertz CT molecular complexity index is 936. The van der Waals surface area contributed by atoms with E-state index >= 15 is 0 Å². The second kappa shape index (κ2) is 8.32. The maximum Gasteiger partial charge on any atom is 0.335 e. The van der Waals surface area contributed by atoms with Gasteiger partial charge in [-0.05, 0) is 48.0 Å². The van der Waals surface area contributed by atoms with Crippen LogP contribution in [0.1, 0.15) is 21.5 Å². The van der Waals surface area contributed by atoms with Crippen molar-refractivity contribution < 1.29 is 14.6 Å². The van der Waals surface area contributed by atoms with Gasteiger partial charge in [-0.1, -0.05) is 41.9 Å². The number of hydrogen-bond donors (Lipinski definition) is 1. The van der Waals surface area contributed by atoms with Gasteiger partial charge in [-0.3, -0.25) is 4.99 Å². The molecule has 0 saturated carbocycles. The zero-order valence-electron chi connectivity index (χ0n) is 13.8. The van der Waals surface area contributed by atoms with Crippen LogP contribution in [0.15, 0.2) is 77.8 Å². The van der Waals surface area contributed by atoms with Crippen LogP contribution in [0.4, 0.5) is 5.69 Å². The molecule has 0 aliphatic carbocycles. The monoisotopic (exact) mass is 365 g/mol. The van der Waals surface area contributed by atoms with Gasteiger partial charge in [0, 0.05) is 16.8 Å². The van der Waals surface area contributed by atoms with E-state index in [2.05, 4.69) is 4.99 Å². The van der Waals surface area contributed by atoms with Crippen LogP contribution in [-0.4, -0.2) is 17.3 Å². The van der Waals surface area contributed by atoms with Crippen LogP contribution in [0.25, 0.3) is 0 Å². The van der Waals surface area contributed by atoms with E-state index in [0.717, 1.165) is 16.8 Å². The summed E-state index contributed by atoms with van der Waals surface area (Å²) in [5, 5.41) is 9.57. The predicted octanol–water partition coefficient (Wildman–Crippen LogP) is 5.37. The highest BCUT2D eigenvalue weighted by Crippen LogP contribution is 2.21. The maximum atomic E-state index is 10.9. The van der Waals surface area contributed by atoms with E-state index in [0.29, 0.717) is 17.4 Å². The van der Waals surface area contributed by atoms with Crippen molar-refractivity contribution in [2.75, 3.05) is 0 Å². The smallest absolute Gasteiger partial charge is 0.335 e. The molecule has 26 heavy (non-hydrogen) atoms. The zero-order valence-corrected chi connectivity index (χ0v) is 14.6. The fourth-order valence-electron chi connectivity index (χ4n) is 2.32. The molecule has 0 saturated heterocycles. The first kappa shape index (κ1) is 17.7. The third-order valence-electron chi connectivity index (χ3n) is 3.68. The zero-order chi connectivity index (χ0) is 18.4. The molecule has 5 heteroatoms. The van der Waals surface area contributed by atoms with Crippen molar-refractivity contribution in [1.29, 1.82) is 0 Å². The third-order valence-corrected chi connectivity index (χ3v) is 3.91. The molecule has 0 amide bonds. The Kier molecular flexibility index (Phi) is 5.66. The number of ether oxygens (including phenoxy) is 1. The molecule has 0 fully saturated rings. The number of carboxylic acid groups (broad SMARTS) is 1. The first-order valence-electron chi connectivity index (χ1n) is 7.95. The highest BCUT2D eigenvalue weighted by molar-refractivity contribution is 6.30. The average Bonchev–Trinajstić information content (AvgIpc) is 2.66. The maximum absolute atomic E-state index is 10.9. The number of halogens is 1. The fourth-order valence-corrected chi connectivity index (χ4v) is 2.51. The van der Waals surface area contributed by atoms with Crippen molar-refractivity contribution in [3.8, 4) is 5.75 Å². The first-order chi connectivity index (χ1) is 12.6. The minimum absolute atomic E-state index is 0.253. The number of carboxylic acids is 1. The van der Waals surface area contributed by atoms with Crippen LogP contribution in [0.5, 0.6) is 5.75 Å². The molecule has 0 aliphatic rings. The lowest BCUT2D eigenvalue weighted by molar-refractivity contribution is 0.0697. The predicted molar refractivity (Wildman–Crippen MR) is 103 cm³/mol. The summed E-state index contributed by atoms with van der Waals surface area (Å²) in [5.74, 6) is -0.249. The lowest BCUT2D eigenvalue weighted by Crippen LogP contribution is -2.00. The number of carbonyl (C=O) groups is 1. The van der Waals surface area contributed by atoms with Crippen LogP contribution < -0.4 is 4.74 Å². The Morgan fingerprint density at radius 3 is 2.54 bits per heavy atom. The lowest BCUT2D eigenvalue weighted by Gasteiger charge is -2.09. The second-order valence-electron chi connectivity index (χ2n) is 5.57. The van der Waals surface area contributed by atoms with Crippen molar-refractivity contribution >= 4 is 29.5 Å². The summed E-state index contributed by atoms with van der Waals surface area (Å²) in [7, 11) is 0. The summed E-state index contributed by atoms with van der Waals surface area (Å²) in [6.45, 7) is 0.335. The molecule has 0 bridgehead atoms. The topological polar surface area (TPSA) is 58.9 Å².